The van der Waals surface area contributed by atoms with E-state index < -0.39 is 0 Å². The van der Waals surface area contributed by atoms with E-state index in [1.165, 1.54) is 45.1 Å². The van der Waals surface area contributed by atoms with Crippen molar-refractivity contribution in [2.45, 2.75) is 58.4 Å². The Morgan fingerprint density at radius 3 is 2.62 bits per heavy atom. The SMILES string of the molecule is CCC1CCCC(NCCN(C)CC)CC1. The van der Waals surface area contributed by atoms with Crippen LogP contribution in [-0.4, -0.2) is 37.6 Å². The first-order valence-corrected chi connectivity index (χ1v) is 7.18. The van der Waals surface area contributed by atoms with Crippen LogP contribution in [0.25, 0.3) is 0 Å². The fraction of sp³-hybridized carbons (Fsp3) is 1.00. The van der Waals surface area contributed by atoms with Gasteiger partial charge in [0.25, 0.3) is 0 Å². The highest BCUT2D eigenvalue weighted by atomic mass is 15.1. The van der Waals surface area contributed by atoms with Crippen LogP contribution in [-0.2, 0) is 0 Å². The van der Waals surface area contributed by atoms with Gasteiger partial charge in [0, 0.05) is 19.1 Å². The van der Waals surface area contributed by atoms with Crippen LogP contribution in [0.1, 0.15) is 52.4 Å². The number of likely N-dealkylation sites (N-methyl/N-ethyl adjacent to an activating group) is 1. The first-order valence-electron chi connectivity index (χ1n) is 7.18. The Balaban J connectivity index is 2.12. The third-order valence-electron chi connectivity index (χ3n) is 4.13. The highest BCUT2D eigenvalue weighted by Crippen LogP contribution is 2.25. The van der Waals surface area contributed by atoms with Gasteiger partial charge in [0.2, 0.25) is 0 Å². The summed E-state index contributed by atoms with van der Waals surface area (Å²) in [7, 11) is 2.20. The first-order chi connectivity index (χ1) is 7.76. The third kappa shape index (κ3) is 5.31. The molecule has 0 saturated heterocycles. The largest absolute Gasteiger partial charge is 0.313 e. The highest BCUT2D eigenvalue weighted by molar-refractivity contribution is 4.74. The molecule has 2 nitrogen and oxygen atoms in total. The zero-order valence-electron chi connectivity index (χ0n) is 11.5. The molecule has 0 bridgehead atoms. The molecule has 2 unspecified atom stereocenters. The van der Waals surface area contributed by atoms with Gasteiger partial charge in [0.15, 0.2) is 0 Å². The summed E-state index contributed by atoms with van der Waals surface area (Å²) in [5.74, 6) is 1.00. The molecule has 0 aromatic rings. The van der Waals surface area contributed by atoms with E-state index in [1.807, 2.05) is 0 Å². The van der Waals surface area contributed by atoms with Crippen LogP contribution in [0.5, 0.6) is 0 Å². The molecule has 0 aliphatic heterocycles. The molecular formula is C14H30N2. The van der Waals surface area contributed by atoms with Crippen LogP contribution in [0, 0.1) is 5.92 Å². The Bertz CT molecular complexity index is 170. The van der Waals surface area contributed by atoms with Gasteiger partial charge in [-0.15, -0.1) is 0 Å². The molecule has 96 valence electrons. The summed E-state index contributed by atoms with van der Waals surface area (Å²) in [6, 6.07) is 0.793. The molecule has 0 aromatic carbocycles. The molecule has 1 rings (SSSR count). The zero-order valence-corrected chi connectivity index (χ0v) is 11.5. The minimum atomic E-state index is 0.793. The summed E-state index contributed by atoms with van der Waals surface area (Å²) in [5.41, 5.74) is 0. The van der Waals surface area contributed by atoms with Crippen molar-refractivity contribution in [1.82, 2.24) is 10.2 Å². The zero-order chi connectivity index (χ0) is 11.8. The van der Waals surface area contributed by atoms with E-state index >= 15 is 0 Å². The summed E-state index contributed by atoms with van der Waals surface area (Å²) in [6.45, 7) is 8.06. The normalized spacial score (nSPS) is 27.0. The van der Waals surface area contributed by atoms with Crippen molar-refractivity contribution in [3.05, 3.63) is 0 Å². The van der Waals surface area contributed by atoms with Gasteiger partial charge in [0.05, 0.1) is 0 Å². The maximum absolute atomic E-state index is 3.73. The first kappa shape index (κ1) is 14.0. The lowest BCUT2D eigenvalue weighted by Crippen LogP contribution is -2.35. The van der Waals surface area contributed by atoms with Crippen LogP contribution in [0.4, 0.5) is 0 Å². The number of nitrogens with zero attached hydrogens (tertiary/aromatic N) is 1. The molecule has 1 aliphatic rings. The van der Waals surface area contributed by atoms with Gasteiger partial charge in [0.1, 0.15) is 0 Å². The van der Waals surface area contributed by atoms with Gasteiger partial charge in [-0.3, -0.25) is 0 Å². The molecular weight excluding hydrogens is 196 g/mol. The van der Waals surface area contributed by atoms with Crippen molar-refractivity contribution in [3.8, 4) is 0 Å². The lowest BCUT2D eigenvalue weighted by molar-refractivity contribution is 0.332. The molecule has 0 spiro atoms. The second-order valence-electron chi connectivity index (χ2n) is 5.33. The molecule has 0 radical (unpaired) electrons. The van der Waals surface area contributed by atoms with E-state index in [0.717, 1.165) is 25.0 Å². The lowest BCUT2D eigenvalue weighted by Gasteiger charge is -2.19. The van der Waals surface area contributed by atoms with Crippen molar-refractivity contribution < 1.29 is 0 Å². The average molecular weight is 226 g/mol. The Hall–Kier alpha value is -0.0800. The number of nitrogens with one attached hydrogen (secondary N) is 1. The topological polar surface area (TPSA) is 15.3 Å². The van der Waals surface area contributed by atoms with Crippen molar-refractivity contribution in [2.75, 3.05) is 26.7 Å². The molecule has 0 heterocycles. The summed E-state index contributed by atoms with van der Waals surface area (Å²) < 4.78 is 0. The standard InChI is InChI=1S/C14H30N2/c1-4-13-7-6-8-14(10-9-13)15-11-12-16(3)5-2/h13-15H,4-12H2,1-3H3. The second kappa shape index (κ2) is 8.08. The minimum absolute atomic E-state index is 0.793. The molecule has 1 aliphatic carbocycles. The highest BCUT2D eigenvalue weighted by Gasteiger charge is 2.16. The molecule has 0 amide bonds. The Kier molecular flexibility index (Phi) is 7.06. The molecule has 2 atom stereocenters. The van der Waals surface area contributed by atoms with Gasteiger partial charge in [-0.2, -0.15) is 0 Å². The molecule has 1 N–H and O–H groups in total. The maximum atomic E-state index is 3.73. The molecule has 1 fully saturated rings. The van der Waals surface area contributed by atoms with Gasteiger partial charge < -0.3 is 10.2 Å². The quantitative estimate of drug-likeness (QED) is 0.701. The van der Waals surface area contributed by atoms with E-state index in [9.17, 15) is 0 Å². The summed E-state index contributed by atoms with van der Waals surface area (Å²) >= 11 is 0. The Morgan fingerprint density at radius 2 is 1.94 bits per heavy atom. The molecule has 1 saturated carbocycles. The van der Waals surface area contributed by atoms with Gasteiger partial charge in [-0.25, -0.2) is 0 Å². The number of hydrogen-bond donors (Lipinski definition) is 1. The number of hydrogen-bond acceptors (Lipinski definition) is 2. The van der Waals surface area contributed by atoms with Crippen LogP contribution < -0.4 is 5.32 Å². The lowest BCUT2D eigenvalue weighted by atomic mass is 9.98. The molecule has 2 heteroatoms. The van der Waals surface area contributed by atoms with Crippen molar-refractivity contribution in [1.29, 1.82) is 0 Å². The van der Waals surface area contributed by atoms with E-state index in [4.69, 9.17) is 0 Å². The third-order valence-corrected chi connectivity index (χ3v) is 4.13. The summed E-state index contributed by atoms with van der Waals surface area (Å²) in [5, 5.41) is 3.73. The second-order valence-corrected chi connectivity index (χ2v) is 5.33. The van der Waals surface area contributed by atoms with E-state index in [1.54, 1.807) is 0 Å². The van der Waals surface area contributed by atoms with Gasteiger partial charge in [-0.05, 0) is 38.8 Å². The fourth-order valence-corrected chi connectivity index (χ4v) is 2.61. The molecule has 16 heavy (non-hydrogen) atoms. The van der Waals surface area contributed by atoms with Crippen molar-refractivity contribution >= 4 is 0 Å². The number of rotatable bonds is 6. The monoisotopic (exact) mass is 226 g/mol. The van der Waals surface area contributed by atoms with Crippen LogP contribution in [0.2, 0.25) is 0 Å². The minimum Gasteiger partial charge on any atom is -0.313 e. The van der Waals surface area contributed by atoms with Crippen molar-refractivity contribution in [2.24, 2.45) is 5.92 Å². The van der Waals surface area contributed by atoms with E-state index in [-0.39, 0.29) is 0 Å². The average Bonchev–Trinajstić information content (AvgIpc) is 2.54. The van der Waals surface area contributed by atoms with Crippen LogP contribution in [0.15, 0.2) is 0 Å². The van der Waals surface area contributed by atoms with Gasteiger partial charge in [-0.1, -0.05) is 33.1 Å². The predicted octanol–water partition coefficient (Wildman–Crippen LogP) is 2.89. The fourth-order valence-electron chi connectivity index (χ4n) is 2.61. The van der Waals surface area contributed by atoms with Crippen molar-refractivity contribution in [3.63, 3.8) is 0 Å². The summed E-state index contributed by atoms with van der Waals surface area (Å²) in [4.78, 5) is 2.37. The van der Waals surface area contributed by atoms with Crippen LogP contribution in [0.3, 0.4) is 0 Å². The van der Waals surface area contributed by atoms with E-state index in [0.29, 0.717) is 0 Å². The Labute approximate surface area is 102 Å². The van der Waals surface area contributed by atoms with Gasteiger partial charge >= 0.3 is 0 Å². The maximum Gasteiger partial charge on any atom is 0.0104 e. The predicted molar refractivity (Wildman–Crippen MR) is 71.8 cm³/mol. The van der Waals surface area contributed by atoms with Crippen LogP contribution >= 0.6 is 0 Å². The smallest absolute Gasteiger partial charge is 0.0104 e. The summed E-state index contributed by atoms with van der Waals surface area (Å²) in [6.07, 6.45) is 8.51. The molecule has 0 aromatic heterocycles. The Morgan fingerprint density at radius 1 is 1.12 bits per heavy atom. The van der Waals surface area contributed by atoms with E-state index in [2.05, 4.69) is 31.1 Å².